The molecule has 15 heteroatoms. The number of carboxylic acid groups (broad SMARTS) is 1. The number of aromatic amines is 2. The molecule has 2 aliphatic carbocycles. The third kappa shape index (κ3) is 18.6. The summed E-state index contributed by atoms with van der Waals surface area (Å²) in [6, 6.07) is 18.9. The van der Waals surface area contributed by atoms with Crippen molar-refractivity contribution < 1.29 is 29.0 Å². The number of nitrogens with zero attached hydrogens (tertiary/aromatic N) is 4. The number of terminal acetylenes is 2. The van der Waals surface area contributed by atoms with E-state index in [1.54, 1.807) is 20.5 Å². The number of piperidine rings is 2. The Morgan fingerprint density at radius 3 is 1.91 bits per heavy atom. The van der Waals surface area contributed by atoms with Crippen LogP contribution in [0.3, 0.4) is 0 Å². The maximum absolute atomic E-state index is 12.6. The molecule has 0 radical (unpaired) electrons. The van der Waals surface area contributed by atoms with Gasteiger partial charge in [0.2, 0.25) is 12.3 Å². The predicted octanol–water partition coefficient (Wildman–Crippen LogP) is 6.34. The van der Waals surface area contributed by atoms with Gasteiger partial charge in [-0.1, -0.05) is 69.3 Å². The molecule has 4 aliphatic rings. The van der Waals surface area contributed by atoms with E-state index in [1.165, 1.54) is 30.5 Å². The van der Waals surface area contributed by atoms with Gasteiger partial charge in [0.25, 0.3) is 6.47 Å². The molecule has 7 N–H and O–H groups in total. The van der Waals surface area contributed by atoms with Gasteiger partial charge in [-0.2, -0.15) is 0 Å². The highest BCUT2D eigenvalue weighted by molar-refractivity contribution is 5.79. The van der Waals surface area contributed by atoms with Crippen LogP contribution in [0.4, 0.5) is 0 Å². The molecule has 4 aromatic rings. The van der Waals surface area contributed by atoms with Gasteiger partial charge in [0.05, 0.1) is 42.2 Å². The molecule has 15 nitrogen and oxygen atoms in total. The monoisotopic (exact) mass is 910 g/mol. The van der Waals surface area contributed by atoms with Crippen LogP contribution in [-0.2, 0) is 30.3 Å². The Bertz CT molecular complexity index is 1940. The Labute approximate surface area is 393 Å². The molecule has 8 atom stereocenters. The number of carbonyl (C=O) groups excluding carboxylic acids is 3. The summed E-state index contributed by atoms with van der Waals surface area (Å²) in [7, 11) is 7.41. The average molecular weight is 910 g/mol. The van der Waals surface area contributed by atoms with Crippen molar-refractivity contribution in [3.8, 4) is 48.2 Å². The van der Waals surface area contributed by atoms with E-state index in [-0.39, 0.29) is 43.5 Å². The second-order valence-corrected chi connectivity index (χ2v) is 15.2. The number of rotatable bonds is 12. The van der Waals surface area contributed by atoms with E-state index in [9.17, 15) is 9.59 Å². The standard InChI is InChI=1S/C29H31N5O2.C6H14N2O.C6H11N.C2H6.C2H4.2C2H2.CH3NO.CH2O2/c1-18(20-7-9-21(10-8-20)24-14-30-17-32-24)11-19-3-5-22(6-4-19)25-15-31-29(33-25)27-13-23-12-26(23)34(27)28(35)16-36-2;1-5(7-2)6(4-9)8-3;1-7-3-2-5-4-6(5)7;4*1-2;2*2-1-3/h3-10,14-15,17-18,23,26-27H,11-13,16H2,1-2H3,(H,30,32)(H,31,33);4-8H,1-3H3;5-6H,2-4H2,1H3;1-2H3;1-2H2;2*1-2H;1H,(H2,2,3);1H,(H,2,3)/t18-,23?,26?,27-;5?,6-;;;;;;;/m01......./s1. The number of carbonyl (C=O) groups is 4. The Morgan fingerprint density at radius 1 is 0.924 bits per heavy atom. The normalized spacial score (nSPS) is 19.8. The number of imidazole rings is 2. The number of aldehydes is 1. The predicted molar refractivity (Wildman–Crippen MR) is 266 cm³/mol. The van der Waals surface area contributed by atoms with Crippen molar-refractivity contribution in [1.29, 1.82) is 0 Å². The van der Waals surface area contributed by atoms with Crippen LogP contribution in [-0.4, -0.2) is 125 Å². The lowest BCUT2D eigenvalue weighted by Gasteiger charge is -2.26. The van der Waals surface area contributed by atoms with Gasteiger partial charge >= 0.3 is 0 Å². The van der Waals surface area contributed by atoms with Crippen LogP contribution >= 0.6 is 0 Å². The minimum atomic E-state index is -0.250. The van der Waals surface area contributed by atoms with E-state index in [1.807, 2.05) is 45.1 Å². The lowest BCUT2D eigenvalue weighted by atomic mass is 9.92. The van der Waals surface area contributed by atoms with Crippen molar-refractivity contribution in [3.63, 3.8) is 0 Å². The summed E-state index contributed by atoms with van der Waals surface area (Å²) in [5, 5.41) is 12.7. The van der Waals surface area contributed by atoms with Gasteiger partial charge in [0.1, 0.15) is 18.7 Å². The zero-order valence-corrected chi connectivity index (χ0v) is 40.2. The Kier molecular flexibility index (Phi) is 30.8. The SMILES string of the molecule is C#C.C#C.C=C.CC.CN1CCC2CC21.CNC(C)[C@@H](C=O)NC.COCC(=O)N1C2CC2C[C@H]1c1ncc(-c2ccc(C[C@H](C)c3ccc(-c4cnc[nH]4)cc3)cc2)[nH]1.NC=O.O=CO. The first kappa shape index (κ1) is 59.6. The number of fused-ring (bicyclic) bond motifs is 2. The third-order valence-corrected chi connectivity index (χ3v) is 11.4. The van der Waals surface area contributed by atoms with E-state index in [2.05, 4.69) is 143 Å². The molecule has 4 fully saturated rings. The molecule has 0 bridgehead atoms. The molecule has 4 heterocycles. The molecule has 2 amide bonds. The Balaban J connectivity index is 0.00000115. The summed E-state index contributed by atoms with van der Waals surface area (Å²) in [4.78, 5) is 59.6. The van der Waals surface area contributed by atoms with E-state index >= 15 is 0 Å². The Hall–Kier alpha value is -6.36. The number of aromatic nitrogens is 4. The number of likely N-dealkylation sites (N-methyl/N-ethyl adjacent to an activating group) is 2. The van der Waals surface area contributed by atoms with Crippen LogP contribution in [0.15, 0.2) is 80.4 Å². The van der Waals surface area contributed by atoms with E-state index in [4.69, 9.17) is 19.4 Å². The summed E-state index contributed by atoms with van der Waals surface area (Å²) in [6.07, 6.45) is 28.6. The Morgan fingerprint density at radius 2 is 1.48 bits per heavy atom. The minimum absolute atomic E-state index is 0.0185. The lowest BCUT2D eigenvalue weighted by Crippen LogP contribution is -2.44. The number of likely N-dealkylation sites (tertiary alicyclic amines) is 2. The fourth-order valence-electron chi connectivity index (χ4n) is 7.84. The lowest BCUT2D eigenvalue weighted by molar-refractivity contribution is -0.137. The number of H-pyrrole nitrogens is 2. The first-order valence-electron chi connectivity index (χ1n) is 22.0. The van der Waals surface area contributed by atoms with Crippen molar-refractivity contribution in [2.75, 3.05) is 41.4 Å². The van der Waals surface area contributed by atoms with Gasteiger partial charge in [-0.15, -0.1) is 38.9 Å². The first-order chi connectivity index (χ1) is 32.1. The van der Waals surface area contributed by atoms with Crippen LogP contribution in [0.1, 0.15) is 82.3 Å². The van der Waals surface area contributed by atoms with Crippen molar-refractivity contribution in [2.24, 2.45) is 17.6 Å². The van der Waals surface area contributed by atoms with Crippen molar-refractivity contribution in [3.05, 3.63) is 97.4 Å². The number of hydrogen-bond acceptors (Lipinski definition) is 10. The summed E-state index contributed by atoms with van der Waals surface area (Å²) < 4.78 is 5.10. The second kappa shape index (κ2) is 34.1. The molecule has 360 valence electrons. The van der Waals surface area contributed by atoms with Crippen LogP contribution in [0.2, 0.25) is 0 Å². The molecule has 5 unspecified atom stereocenters. The number of hydrogen-bond donors (Lipinski definition) is 6. The molecule has 2 aromatic heterocycles. The van der Waals surface area contributed by atoms with Gasteiger partial charge in [-0.05, 0) is 107 Å². The summed E-state index contributed by atoms with van der Waals surface area (Å²) in [5.41, 5.74) is 11.1. The maximum Gasteiger partial charge on any atom is 0.290 e. The van der Waals surface area contributed by atoms with Gasteiger partial charge in [0, 0.05) is 25.2 Å². The molecule has 66 heavy (non-hydrogen) atoms. The number of amides is 2. The second-order valence-electron chi connectivity index (χ2n) is 15.2. The molecule has 2 saturated carbocycles. The van der Waals surface area contributed by atoms with Crippen molar-refractivity contribution in [1.82, 2.24) is 40.4 Å². The molecular formula is C51H75N9O6. The third-order valence-electron chi connectivity index (χ3n) is 11.4. The van der Waals surface area contributed by atoms with E-state index in [0.29, 0.717) is 17.9 Å². The highest BCUT2D eigenvalue weighted by Gasteiger charge is 2.55. The van der Waals surface area contributed by atoms with Crippen LogP contribution in [0.25, 0.3) is 22.5 Å². The molecule has 2 aliphatic heterocycles. The summed E-state index contributed by atoms with van der Waals surface area (Å²) >= 11 is 0. The highest BCUT2D eigenvalue weighted by atomic mass is 16.5. The zero-order valence-electron chi connectivity index (χ0n) is 40.2. The van der Waals surface area contributed by atoms with Crippen LogP contribution < -0.4 is 16.4 Å². The van der Waals surface area contributed by atoms with Gasteiger partial charge in [0.15, 0.2) is 0 Å². The van der Waals surface area contributed by atoms with E-state index in [0.717, 1.165) is 65.8 Å². The average Bonchev–Trinajstić information content (AvgIpc) is 3.94. The number of primary amides is 1. The first-order valence-corrected chi connectivity index (χ1v) is 22.0. The fraction of sp³-hybridized carbons (Fsp3) is 0.451. The number of nitrogens with one attached hydrogen (secondary N) is 4. The topological polar surface area (TPSA) is 212 Å². The van der Waals surface area contributed by atoms with Crippen LogP contribution in [0, 0.1) is 37.5 Å². The molecule has 8 rings (SSSR count). The van der Waals surface area contributed by atoms with Gasteiger partial charge in [-0.3, -0.25) is 14.4 Å². The molecule has 2 saturated heterocycles. The van der Waals surface area contributed by atoms with E-state index < -0.39 is 0 Å². The largest absolute Gasteiger partial charge is 0.483 e. The number of nitrogens with two attached hydrogens (primary N) is 1. The van der Waals surface area contributed by atoms with Gasteiger partial charge < -0.3 is 50.8 Å². The fourth-order valence-corrected chi connectivity index (χ4v) is 7.84. The minimum Gasteiger partial charge on any atom is -0.483 e. The molecule has 0 spiro atoms. The molecular weight excluding hydrogens is 835 g/mol. The zero-order chi connectivity index (χ0) is 50.2. The number of ether oxygens (including phenoxy) is 1. The number of methoxy groups -OCH3 is 1. The number of benzene rings is 2. The summed E-state index contributed by atoms with van der Waals surface area (Å²) in [5.74, 6) is 3.06. The summed E-state index contributed by atoms with van der Waals surface area (Å²) in [6.45, 7) is 15.5. The smallest absolute Gasteiger partial charge is 0.290 e. The van der Waals surface area contributed by atoms with Gasteiger partial charge in [-0.25, -0.2) is 9.97 Å². The molecule has 2 aromatic carbocycles. The van der Waals surface area contributed by atoms with Crippen LogP contribution in [0.5, 0.6) is 0 Å². The maximum atomic E-state index is 12.6. The highest BCUT2D eigenvalue weighted by Crippen LogP contribution is 2.53. The quantitative estimate of drug-likeness (QED) is 0.0525. The van der Waals surface area contributed by atoms with Crippen molar-refractivity contribution in [2.45, 2.75) is 95.9 Å². The van der Waals surface area contributed by atoms with Crippen molar-refractivity contribution >= 4 is 25.1 Å².